The number of aryl methyl sites for hydroxylation is 1. The minimum atomic E-state index is -0.0620. The van der Waals surface area contributed by atoms with Crippen molar-refractivity contribution in [2.24, 2.45) is 5.73 Å². The average Bonchev–Trinajstić information content (AvgIpc) is 3.16. The van der Waals surface area contributed by atoms with Crippen LogP contribution in [0.3, 0.4) is 0 Å². The molecule has 4 aromatic rings. The van der Waals surface area contributed by atoms with Gasteiger partial charge in [-0.1, -0.05) is 12.1 Å². The van der Waals surface area contributed by atoms with Gasteiger partial charge in [0.2, 0.25) is 0 Å². The molecular formula is C21H20N6. The molecule has 0 radical (unpaired) electrons. The average molecular weight is 356 g/mol. The van der Waals surface area contributed by atoms with Crippen molar-refractivity contribution in [3.63, 3.8) is 0 Å². The van der Waals surface area contributed by atoms with E-state index in [4.69, 9.17) is 16.1 Å². The Bertz CT molecular complexity index is 1170. The third-order valence-corrected chi connectivity index (χ3v) is 5.33. The molecule has 1 aliphatic rings. The highest BCUT2D eigenvalue weighted by atomic mass is 15.1. The second-order valence-electron chi connectivity index (χ2n) is 7.03. The monoisotopic (exact) mass is 356 g/mol. The fourth-order valence-electron chi connectivity index (χ4n) is 4.15. The lowest BCUT2D eigenvalue weighted by atomic mass is 9.85. The molecule has 2 aromatic carbocycles. The number of nitrogens with one attached hydrogen (secondary N) is 3. The fourth-order valence-corrected chi connectivity index (χ4v) is 4.15. The Hall–Kier alpha value is -3.41. The van der Waals surface area contributed by atoms with Crippen molar-refractivity contribution < 1.29 is 0 Å². The smallest absolute Gasteiger partial charge is 0.190 e. The van der Waals surface area contributed by atoms with Gasteiger partial charge in [0.25, 0.3) is 0 Å². The Balaban J connectivity index is 1.73. The number of rotatable bonds is 2. The maximum absolute atomic E-state index is 7.36. The summed E-state index contributed by atoms with van der Waals surface area (Å²) >= 11 is 0. The first-order chi connectivity index (χ1) is 13.2. The second kappa shape index (κ2) is 6.09. The number of pyridine rings is 1. The lowest BCUT2D eigenvalue weighted by Crippen LogP contribution is -2.20. The standard InChI is InChI=1S/C21H20N6/c22-21(23)25-13-7-5-12(6-8-13)20-15-4-2-1-3-14(15)19-16-11-24-27-17(16)9-10-18(19)26-20/h5-11H,1-4H2,(H,24,27)(H4,22,23,25). The van der Waals surface area contributed by atoms with Crippen LogP contribution in [0.5, 0.6) is 0 Å². The molecule has 1 aliphatic carbocycles. The molecule has 0 bridgehead atoms. The van der Waals surface area contributed by atoms with Crippen molar-refractivity contribution in [2.75, 3.05) is 5.32 Å². The third-order valence-electron chi connectivity index (χ3n) is 5.33. The van der Waals surface area contributed by atoms with Gasteiger partial charge in [-0.15, -0.1) is 0 Å². The predicted molar refractivity (Wildman–Crippen MR) is 109 cm³/mol. The largest absolute Gasteiger partial charge is 0.370 e. The quantitative estimate of drug-likeness (QED) is 0.322. The van der Waals surface area contributed by atoms with E-state index < -0.39 is 0 Å². The number of benzene rings is 2. The van der Waals surface area contributed by atoms with Gasteiger partial charge < -0.3 is 11.1 Å². The van der Waals surface area contributed by atoms with E-state index >= 15 is 0 Å². The van der Waals surface area contributed by atoms with Crippen LogP contribution in [0.1, 0.15) is 24.0 Å². The molecule has 0 atom stereocenters. The Kier molecular flexibility index (Phi) is 3.57. The lowest BCUT2D eigenvalue weighted by molar-refractivity contribution is 0.689. The summed E-state index contributed by atoms with van der Waals surface area (Å²) in [6.45, 7) is 0. The minimum Gasteiger partial charge on any atom is -0.370 e. The van der Waals surface area contributed by atoms with Crippen molar-refractivity contribution in [3.05, 3.63) is 53.7 Å². The first kappa shape index (κ1) is 15.8. The lowest BCUT2D eigenvalue weighted by Gasteiger charge is -2.22. The molecule has 27 heavy (non-hydrogen) atoms. The molecule has 0 aliphatic heterocycles. The van der Waals surface area contributed by atoms with Crippen LogP contribution in [-0.2, 0) is 12.8 Å². The topological polar surface area (TPSA) is 103 Å². The number of hydrogen-bond donors (Lipinski definition) is 4. The summed E-state index contributed by atoms with van der Waals surface area (Å²) in [5.74, 6) is -0.0620. The van der Waals surface area contributed by atoms with Gasteiger partial charge in [0.15, 0.2) is 5.96 Å². The molecule has 0 saturated carbocycles. The van der Waals surface area contributed by atoms with E-state index in [1.54, 1.807) is 0 Å². The number of guanidine groups is 1. The molecule has 0 saturated heterocycles. The van der Waals surface area contributed by atoms with Gasteiger partial charge in [-0.25, -0.2) is 4.98 Å². The molecule has 5 N–H and O–H groups in total. The molecule has 6 nitrogen and oxygen atoms in total. The summed E-state index contributed by atoms with van der Waals surface area (Å²) in [7, 11) is 0. The zero-order valence-corrected chi connectivity index (χ0v) is 14.8. The normalized spacial score (nSPS) is 13.6. The number of hydrogen-bond acceptors (Lipinski definition) is 3. The Morgan fingerprint density at radius 1 is 1.04 bits per heavy atom. The zero-order valence-electron chi connectivity index (χ0n) is 14.8. The highest BCUT2D eigenvalue weighted by Crippen LogP contribution is 2.37. The number of fused-ring (bicyclic) bond motifs is 5. The zero-order chi connectivity index (χ0) is 18.4. The van der Waals surface area contributed by atoms with Gasteiger partial charge in [-0.3, -0.25) is 10.5 Å². The number of nitrogens with two attached hydrogens (primary N) is 1. The van der Waals surface area contributed by atoms with Crippen LogP contribution >= 0.6 is 0 Å². The van der Waals surface area contributed by atoms with Crippen LogP contribution in [0, 0.1) is 5.41 Å². The Labute approximate surface area is 156 Å². The van der Waals surface area contributed by atoms with E-state index in [1.165, 1.54) is 29.4 Å². The van der Waals surface area contributed by atoms with Gasteiger partial charge in [0, 0.05) is 22.0 Å². The van der Waals surface area contributed by atoms with Crippen molar-refractivity contribution >= 4 is 33.5 Å². The van der Waals surface area contributed by atoms with Crippen LogP contribution in [-0.4, -0.2) is 21.1 Å². The first-order valence-corrected chi connectivity index (χ1v) is 9.20. The number of aromatic amines is 1. The summed E-state index contributed by atoms with van der Waals surface area (Å²) in [4.78, 5) is 5.05. The molecule has 134 valence electrons. The number of nitrogens with zero attached hydrogens (tertiary/aromatic N) is 2. The molecule has 6 heteroatoms. The van der Waals surface area contributed by atoms with E-state index in [9.17, 15) is 0 Å². The summed E-state index contributed by atoms with van der Waals surface area (Å²) in [5.41, 5.74) is 13.2. The van der Waals surface area contributed by atoms with Gasteiger partial charge in [0.1, 0.15) is 0 Å². The van der Waals surface area contributed by atoms with Crippen LogP contribution in [0.15, 0.2) is 42.6 Å². The van der Waals surface area contributed by atoms with E-state index in [0.717, 1.165) is 46.2 Å². The van der Waals surface area contributed by atoms with E-state index in [-0.39, 0.29) is 5.96 Å². The van der Waals surface area contributed by atoms with Crippen molar-refractivity contribution in [1.29, 1.82) is 5.41 Å². The van der Waals surface area contributed by atoms with Gasteiger partial charge in [-0.2, -0.15) is 5.10 Å². The molecule has 2 aromatic heterocycles. The van der Waals surface area contributed by atoms with Gasteiger partial charge in [-0.05, 0) is 61.1 Å². The van der Waals surface area contributed by atoms with E-state index in [1.807, 2.05) is 30.5 Å². The third kappa shape index (κ3) is 2.61. The molecule has 0 fully saturated rings. The second-order valence-corrected chi connectivity index (χ2v) is 7.03. The molecule has 2 heterocycles. The van der Waals surface area contributed by atoms with Crippen LogP contribution < -0.4 is 11.1 Å². The van der Waals surface area contributed by atoms with E-state index in [2.05, 4.69) is 27.6 Å². The molecule has 0 amide bonds. The highest BCUT2D eigenvalue weighted by Gasteiger charge is 2.21. The van der Waals surface area contributed by atoms with Crippen molar-refractivity contribution in [3.8, 4) is 11.3 Å². The van der Waals surface area contributed by atoms with Gasteiger partial charge in [0.05, 0.1) is 22.9 Å². The van der Waals surface area contributed by atoms with Crippen LogP contribution in [0.4, 0.5) is 5.69 Å². The summed E-state index contributed by atoms with van der Waals surface area (Å²) in [5, 5.41) is 19.9. The number of aromatic nitrogens is 3. The Morgan fingerprint density at radius 3 is 2.59 bits per heavy atom. The maximum Gasteiger partial charge on any atom is 0.190 e. The minimum absolute atomic E-state index is 0.0620. The number of anilines is 1. The first-order valence-electron chi connectivity index (χ1n) is 9.20. The summed E-state index contributed by atoms with van der Waals surface area (Å²) in [6.07, 6.45) is 6.45. The summed E-state index contributed by atoms with van der Waals surface area (Å²) in [6, 6.07) is 12.1. The molecular weight excluding hydrogens is 336 g/mol. The fraction of sp³-hybridized carbons (Fsp3) is 0.190. The Morgan fingerprint density at radius 2 is 1.81 bits per heavy atom. The highest BCUT2D eigenvalue weighted by molar-refractivity contribution is 6.07. The van der Waals surface area contributed by atoms with Crippen molar-refractivity contribution in [1.82, 2.24) is 15.2 Å². The predicted octanol–water partition coefficient (Wildman–Crippen LogP) is 3.96. The van der Waals surface area contributed by atoms with E-state index in [0.29, 0.717) is 0 Å². The summed E-state index contributed by atoms with van der Waals surface area (Å²) < 4.78 is 0. The van der Waals surface area contributed by atoms with Gasteiger partial charge >= 0.3 is 0 Å². The number of H-pyrrole nitrogens is 1. The van der Waals surface area contributed by atoms with Crippen molar-refractivity contribution in [2.45, 2.75) is 25.7 Å². The SMILES string of the molecule is N=C(N)Nc1ccc(-c2nc3ccc4[nH]ncc4c3c3c2CCCC3)cc1. The van der Waals surface area contributed by atoms with Crippen LogP contribution in [0.2, 0.25) is 0 Å². The maximum atomic E-state index is 7.36. The molecule has 0 unspecified atom stereocenters. The molecule has 0 spiro atoms. The molecule has 5 rings (SSSR count). The van der Waals surface area contributed by atoms with Crippen LogP contribution in [0.25, 0.3) is 33.1 Å².